The van der Waals surface area contributed by atoms with Crippen molar-refractivity contribution >= 4 is 17.5 Å². The largest absolute Gasteiger partial charge is 0.497 e. The maximum Gasteiger partial charge on any atom is 0.270 e. The molecule has 0 atom stereocenters. The van der Waals surface area contributed by atoms with E-state index >= 15 is 0 Å². The van der Waals surface area contributed by atoms with Crippen LogP contribution in [0.4, 0.5) is 11.6 Å². The first kappa shape index (κ1) is 20.1. The van der Waals surface area contributed by atoms with Crippen molar-refractivity contribution in [2.45, 2.75) is 26.5 Å². The van der Waals surface area contributed by atoms with E-state index in [9.17, 15) is 4.79 Å². The number of rotatable bonds is 8. The molecule has 3 aromatic rings. The summed E-state index contributed by atoms with van der Waals surface area (Å²) >= 11 is 0. The molecule has 1 aromatic heterocycles. The molecule has 7 heteroatoms. The number of nitrogens with zero attached hydrogens (tertiary/aromatic N) is 2. The number of anilines is 2. The summed E-state index contributed by atoms with van der Waals surface area (Å²) < 4.78 is 10.8. The number of benzene rings is 2. The van der Waals surface area contributed by atoms with Crippen LogP contribution in [0.2, 0.25) is 0 Å². The van der Waals surface area contributed by atoms with E-state index in [1.54, 1.807) is 19.4 Å². The van der Waals surface area contributed by atoms with Crippen molar-refractivity contribution in [1.29, 1.82) is 0 Å². The Labute approximate surface area is 170 Å². The van der Waals surface area contributed by atoms with Gasteiger partial charge in [0.25, 0.3) is 5.91 Å². The summed E-state index contributed by atoms with van der Waals surface area (Å²) in [6, 6.07) is 16.6. The molecule has 0 saturated heterocycles. The summed E-state index contributed by atoms with van der Waals surface area (Å²) in [5, 5.41) is 5.95. The monoisotopic (exact) mass is 392 g/mol. The molecule has 0 spiro atoms. The van der Waals surface area contributed by atoms with Crippen LogP contribution in [0.5, 0.6) is 11.5 Å². The number of hydrogen-bond donors (Lipinski definition) is 2. The Kier molecular flexibility index (Phi) is 6.63. The Hall–Kier alpha value is -3.61. The quantitative estimate of drug-likeness (QED) is 0.604. The topological polar surface area (TPSA) is 85.4 Å². The summed E-state index contributed by atoms with van der Waals surface area (Å²) in [6.45, 7) is 4.35. The first-order valence-corrected chi connectivity index (χ1v) is 9.31. The minimum atomic E-state index is -0.271. The molecule has 3 rings (SSSR count). The highest BCUT2D eigenvalue weighted by Gasteiger charge is 2.09. The van der Waals surface area contributed by atoms with E-state index in [1.807, 2.05) is 62.4 Å². The molecule has 2 N–H and O–H groups in total. The number of carbonyl (C=O) groups excluding carboxylic acids is 1. The molecular weight excluding hydrogens is 368 g/mol. The van der Waals surface area contributed by atoms with Gasteiger partial charge in [-0.2, -0.15) is 0 Å². The van der Waals surface area contributed by atoms with E-state index in [-0.39, 0.29) is 17.7 Å². The van der Waals surface area contributed by atoms with E-state index in [0.717, 1.165) is 22.7 Å². The molecule has 0 aliphatic heterocycles. The maximum absolute atomic E-state index is 12.4. The number of nitrogens with one attached hydrogen (secondary N) is 2. The fourth-order valence-electron chi connectivity index (χ4n) is 2.58. The van der Waals surface area contributed by atoms with Crippen molar-refractivity contribution in [3.8, 4) is 11.5 Å². The summed E-state index contributed by atoms with van der Waals surface area (Å²) in [6.07, 6.45) is 1.67. The number of carbonyl (C=O) groups is 1. The molecule has 150 valence electrons. The molecule has 0 fully saturated rings. The minimum Gasteiger partial charge on any atom is -0.497 e. The van der Waals surface area contributed by atoms with Crippen molar-refractivity contribution in [2.24, 2.45) is 0 Å². The van der Waals surface area contributed by atoms with Crippen LogP contribution < -0.4 is 20.1 Å². The van der Waals surface area contributed by atoms with E-state index in [0.29, 0.717) is 12.5 Å². The van der Waals surface area contributed by atoms with Crippen LogP contribution in [0.15, 0.2) is 60.8 Å². The molecule has 0 saturated carbocycles. The van der Waals surface area contributed by atoms with Gasteiger partial charge in [-0.3, -0.25) is 4.79 Å². The maximum atomic E-state index is 12.4. The zero-order chi connectivity index (χ0) is 20.6. The lowest BCUT2D eigenvalue weighted by Gasteiger charge is -2.11. The summed E-state index contributed by atoms with van der Waals surface area (Å²) in [7, 11) is 1.62. The molecule has 2 aromatic carbocycles. The van der Waals surface area contributed by atoms with Crippen molar-refractivity contribution in [3.05, 3.63) is 72.1 Å². The van der Waals surface area contributed by atoms with Crippen molar-refractivity contribution < 1.29 is 14.3 Å². The number of methoxy groups -OCH3 is 1. The molecule has 0 aliphatic carbocycles. The first-order chi connectivity index (χ1) is 14.0. The number of ether oxygens (including phenoxy) is 2. The molecule has 0 aliphatic rings. The SMILES string of the molecule is COc1ccc(CNC(=O)c2ccnc(Nc3ccc(OC(C)C)cc3)n2)cc1. The summed E-state index contributed by atoms with van der Waals surface area (Å²) in [5.74, 6) is 1.64. The second-order valence-corrected chi connectivity index (χ2v) is 6.61. The van der Waals surface area contributed by atoms with Crippen LogP contribution in [-0.2, 0) is 6.54 Å². The van der Waals surface area contributed by atoms with Gasteiger partial charge in [0, 0.05) is 18.4 Å². The molecule has 0 radical (unpaired) electrons. The highest BCUT2D eigenvalue weighted by molar-refractivity contribution is 5.92. The first-order valence-electron chi connectivity index (χ1n) is 9.31. The lowest BCUT2D eigenvalue weighted by atomic mass is 10.2. The fourth-order valence-corrected chi connectivity index (χ4v) is 2.58. The van der Waals surface area contributed by atoms with Crippen molar-refractivity contribution in [1.82, 2.24) is 15.3 Å². The summed E-state index contributed by atoms with van der Waals surface area (Å²) in [5.41, 5.74) is 2.06. The smallest absolute Gasteiger partial charge is 0.270 e. The van der Waals surface area contributed by atoms with Gasteiger partial charge in [0.1, 0.15) is 17.2 Å². The third-order valence-corrected chi connectivity index (χ3v) is 3.98. The van der Waals surface area contributed by atoms with Crippen molar-refractivity contribution in [2.75, 3.05) is 12.4 Å². The van der Waals surface area contributed by atoms with Crippen LogP contribution >= 0.6 is 0 Å². The van der Waals surface area contributed by atoms with E-state index in [4.69, 9.17) is 9.47 Å². The lowest BCUT2D eigenvalue weighted by Crippen LogP contribution is -2.24. The Balaban J connectivity index is 1.60. The predicted octanol–water partition coefficient (Wildman–Crippen LogP) is 3.95. The van der Waals surface area contributed by atoms with Gasteiger partial charge in [0.05, 0.1) is 13.2 Å². The zero-order valence-corrected chi connectivity index (χ0v) is 16.7. The summed E-state index contributed by atoms with van der Waals surface area (Å²) in [4.78, 5) is 20.9. The van der Waals surface area contributed by atoms with Gasteiger partial charge in [-0.05, 0) is 61.9 Å². The van der Waals surface area contributed by atoms with Gasteiger partial charge >= 0.3 is 0 Å². The Morgan fingerprint density at radius 3 is 2.34 bits per heavy atom. The minimum absolute atomic E-state index is 0.116. The van der Waals surface area contributed by atoms with Crippen LogP contribution in [0, 0.1) is 0 Å². The second kappa shape index (κ2) is 9.54. The molecule has 7 nitrogen and oxygen atoms in total. The average molecular weight is 392 g/mol. The van der Waals surface area contributed by atoms with E-state index < -0.39 is 0 Å². The predicted molar refractivity (Wildman–Crippen MR) is 112 cm³/mol. The third-order valence-electron chi connectivity index (χ3n) is 3.98. The van der Waals surface area contributed by atoms with Crippen LogP contribution in [-0.4, -0.2) is 29.1 Å². The van der Waals surface area contributed by atoms with Gasteiger partial charge in [0.15, 0.2) is 0 Å². The third kappa shape index (κ3) is 5.93. The van der Waals surface area contributed by atoms with Gasteiger partial charge in [-0.1, -0.05) is 12.1 Å². The number of amides is 1. The standard InChI is InChI=1S/C22H24N4O3/c1-15(2)29-19-10-6-17(7-11-19)25-22-23-13-12-20(26-22)21(27)24-14-16-4-8-18(28-3)9-5-16/h4-13,15H,14H2,1-3H3,(H,24,27)(H,23,25,26). The van der Waals surface area contributed by atoms with Gasteiger partial charge < -0.3 is 20.1 Å². The molecular formula is C22H24N4O3. The highest BCUT2D eigenvalue weighted by Crippen LogP contribution is 2.19. The van der Waals surface area contributed by atoms with Gasteiger partial charge in [-0.15, -0.1) is 0 Å². The molecule has 0 unspecified atom stereocenters. The highest BCUT2D eigenvalue weighted by atomic mass is 16.5. The van der Waals surface area contributed by atoms with E-state index in [1.165, 1.54) is 0 Å². The number of hydrogen-bond acceptors (Lipinski definition) is 6. The van der Waals surface area contributed by atoms with Crippen LogP contribution in [0.25, 0.3) is 0 Å². The molecule has 1 heterocycles. The van der Waals surface area contributed by atoms with Crippen LogP contribution in [0.3, 0.4) is 0 Å². The molecule has 1 amide bonds. The van der Waals surface area contributed by atoms with E-state index in [2.05, 4.69) is 20.6 Å². The van der Waals surface area contributed by atoms with Gasteiger partial charge in [0.2, 0.25) is 5.95 Å². The normalized spacial score (nSPS) is 10.5. The lowest BCUT2D eigenvalue weighted by molar-refractivity contribution is 0.0946. The fraction of sp³-hybridized carbons (Fsp3) is 0.227. The second-order valence-electron chi connectivity index (χ2n) is 6.61. The average Bonchev–Trinajstić information content (AvgIpc) is 2.73. The molecule has 0 bridgehead atoms. The molecule has 29 heavy (non-hydrogen) atoms. The number of aromatic nitrogens is 2. The van der Waals surface area contributed by atoms with Crippen LogP contribution in [0.1, 0.15) is 29.9 Å². The van der Waals surface area contributed by atoms with Crippen molar-refractivity contribution in [3.63, 3.8) is 0 Å². The zero-order valence-electron chi connectivity index (χ0n) is 16.7. The van der Waals surface area contributed by atoms with Gasteiger partial charge in [-0.25, -0.2) is 9.97 Å². The Morgan fingerprint density at radius 2 is 1.69 bits per heavy atom. The Bertz CT molecular complexity index is 941. The Morgan fingerprint density at radius 1 is 1.00 bits per heavy atom.